The Bertz CT molecular complexity index is 819. The number of aromatic amines is 1. The SMILES string of the molecule is Cc1cccc(CNc2n[nH]c3nc([C@H]4CCNC4)ccc23)n1. The number of anilines is 1. The molecule has 3 aromatic rings. The molecule has 0 aliphatic carbocycles. The minimum absolute atomic E-state index is 0.510. The molecule has 1 aliphatic rings. The Morgan fingerprint density at radius 1 is 1.22 bits per heavy atom. The van der Waals surface area contributed by atoms with Crippen LogP contribution in [-0.2, 0) is 6.54 Å². The Balaban J connectivity index is 1.54. The topological polar surface area (TPSA) is 78.5 Å². The van der Waals surface area contributed by atoms with E-state index < -0.39 is 0 Å². The van der Waals surface area contributed by atoms with Crippen LogP contribution in [0.1, 0.15) is 29.4 Å². The maximum atomic E-state index is 4.73. The van der Waals surface area contributed by atoms with Crippen molar-refractivity contribution in [1.82, 2.24) is 25.5 Å². The van der Waals surface area contributed by atoms with Crippen LogP contribution in [0.4, 0.5) is 5.82 Å². The summed E-state index contributed by atoms with van der Waals surface area (Å²) >= 11 is 0. The molecular weight excluding hydrogens is 288 g/mol. The number of nitrogens with one attached hydrogen (secondary N) is 3. The average molecular weight is 308 g/mol. The molecule has 0 unspecified atom stereocenters. The summed E-state index contributed by atoms with van der Waals surface area (Å²) in [6, 6.07) is 10.2. The van der Waals surface area contributed by atoms with Gasteiger partial charge in [-0.05, 0) is 44.2 Å². The summed E-state index contributed by atoms with van der Waals surface area (Å²) in [5, 5.41) is 15.1. The van der Waals surface area contributed by atoms with Crippen LogP contribution in [0.5, 0.6) is 0 Å². The quantitative estimate of drug-likeness (QED) is 0.689. The van der Waals surface area contributed by atoms with Crippen molar-refractivity contribution < 1.29 is 0 Å². The lowest BCUT2D eigenvalue weighted by Gasteiger charge is -2.07. The summed E-state index contributed by atoms with van der Waals surface area (Å²) in [4.78, 5) is 9.23. The van der Waals surface area contributed by atoms with Gasteiger partial charge in [0.15, 0.2) is 11.5 Å². The Kier molecular flexibility index (Phi) is 3.67. The molecule has 4 heterocycles. The van der Waals surface area contributed by atoms with Crippen molar-refractivity contribution >= 4 is 16.9 Å². The van der Waals surface area contributed by atoms with Gasteiger partial charge >= 0.3 is 0 Å². The van der Waals surface area contributed by atoms with Gasteiger partial charge in [0.1, 0.15) is 0 Å². The number of aryl methyl sites for hydroxylation is 1. The molecule has 1 atom stereocenters. The second kappa shape index (κ2) is 5.96. The molecule has 0 saturated carbocycles. The molecule has 1 saturated heterocycles. The molecule has 118 valence electrons. The maximum absolute atomic E-state index is 4.73. The zero-order valence-corrected chi connectivity index (χ0v) is 13.1. The van der Waals surface area contributed by atoms with Crippen LogP contribution in [0.25, 0.3) is 11.0 Å². The first kappa shape index (κ1) is 14.1. The van der Waals surface area contributed by atoms with Crippen LogP contribution >= 0.6 is 0 Å². The van der Waals surface area contributed by atoms with Crippen molar-refractivity contribution in [2.45, 2.75) is 25.8 Å². The number of nitrogens with zero attached hydrogens (tertiary/aromatic N) is 3. The summed E-state index contributed by atoms with van der Waals surface area (Å²) in [5.74, 6) is 1.34. The Labute approximate surface area is 134 Å². The predicted octanol–water partition coefficient (Wildman–Crippen LogP) is 2.35. The van der Waals surface area contributed by atoms with Crippen LogP contribution in [0.3, 0.4) is 0 Å². The third-order valence-electron chi connectivity index (χ3n) is 4.31. The molecule has 4 rings (SSSR count). The van der Waals surface area contributed by atoms with Crippen LogP contribution in [0.2, 0.25) is 0 Å². The van der Waals surface area contributed by atoms with E-state index in [2.05, 4.69) is 37.9 Å². The highest BCUT2D eigenvalue weighted by molar-refractivity contribution is 5.87. The second-order valence-corrected chi connectivity index (χ2v) is 6.02. The molecule has 6 nitrogen and oxygen atoms in total. The zero-order valence-electron chi connectivity index (χ0n) is 13.1. The van der Waals surface area contributed by atoms with E-state index in [0.717, 1.165) is 53.4 Å². The Morgan fingerprint density at radius 3 is 3.00 bits per heavy atom. The molecule has 0 aromatic carbocycles. The van der Waals surface area contributed by atoms with Gasteiger partial charge in [0, 0.05) is 23.9 Å². The monoisotopic (exact) mass is 308 g/mol. The molecular formula is C17H20N6. The molecule has 3 aromatic heterocycles. The van der Waals surface area contributed by atoms with Crippen molar-refractivity contribution in [2.24, 2.45) is 0 Å². The van der Waals surface area contributed by atoms with Gasteiger partial charge < -0.3 is 10.6 Å². The summed E-state index contributed by atoms with van der Waals surface area (Å²) in [6.45, 7) is 4.73. The number of fused-ring (bicyclic) bond motifs is 1. The predicted molar refractivity (Wildman–Crippen MR) is 90.4 cm³/mol. The van der Waals surface area contributed by atoms with Crippen molar-refractivity contribution in [3.8, 4) is 0 Å². The lowest BCUT2D eigenvalue weighted by molar-refractivity contribution is 0.738. The van der Waals surface area contributed by atoms with Crippen LogP contribution < -0.4 is 10.6 Å². The van der Waals surface area contributed by atoms with Gasteiger partial charge in [-0.15, -0.1) is 0 Å². The third-order valence-corrected chi connectivity index (χ3v) is 4.31. The van der Waals surface area contributed by atoms with Gasteiger partial charge in [0.25, 0.3) is 0 Å². The minimum atomic E-state index is 0.510. The van der Waals surface area contributed by atoms with Gasteiger partial charge in [-0.3, -0.25) is 10.1 Å². The van der Waals surface area contributed by atoms with E-state index in [-0.39, 0.29) is 0 Å². The molecule has 3 N–H and O–H groups in total. The van der Waals surface area contributed by atoms with E-state index in [4.69, 9.17) is 4.98 Å². The first-order chi connectivity index (χ1) is 11.3. The molecule has 0 bridgehead atoms. The zero-order chi connectivity index (χ0) is 15.6. The van der Waals surface area contributed by atoms with Crippen LogP contribution in [-0.4, -0.2) is 33.3 Å². The van der Waals surface area contributed by atoms with Crippen molar-refractivity contribution in [3.63, 3.8) is 0 Å². The third kappa shape index (κ3) is 2.90. The standard InChI is InChI=1S/C17H20N6/c1-11-3-2-4-13(20-11)10-19-16-14-5-6-15(12-7-8-18-9-12)21-17(14)23-22-16/h2-6,12,18H,7-10H2,1H3,(H2,19,21,22,23)/t12-/m0/s1. The van der Waals surface area contributed by atoms with Gasteiger partial charge in [-0.25, -0.2) is 4.98 Å². The van der Waals surface area contributed by atoms with Gasteiger partial charge in [-0.1, -0.05) is 6.07 Å². The molecule has 23 heavy (non-hydrogen) atoms. The van der Waals surface area contributed by atoms with E-state index in [1.54, 1.807) is 0 Å². The normalized spacial score (nSPS) is 17.7. The fourth-order valence-corrected chi connectivity index (χ4v) is 3.06. The maximum Gasteiger partial charge on any atom is 0.157 e. The summed E-state index contributed by atoms with van der Waals surface area (Å²) < 4.78 is 0. The highest BCUT2D eigenvalue weighted by atomic mass is 15.2. The molecule has 6 heteroatoms. The van der Waals surface area contributed by atoms with Gasteiger partial charge in [-0.2, -0.15) is 5.10 Å². The number of aromatic nitrogens is 4. The molecule has 0 amide bonds. The fraction of sp³-hybridized carbons (Fsp3) is 0.353. The highest BCUT2D eigenvalue weighted by Gasteiger charge is 2.19. The first-order valence-electron chi connectivity index (χ1n) is 8.02. The number of rotatable bonds is 4. The largest absolute Gasteiger partial charge is 0.362 e. The molecule has 0 radical (unpaired) electrons. The second-order valence-electron chi connectivity index (χ2n) is 6.02. The summed E-state index contributed by atoms with van der Waals surface area (Å²) in [7, 11) is 0. The Hall–Kier alpha value is -2.47. The molecule has 1 fully saturated rings. The van der Waals surface area contributed by atoms with E-state index in [9.17, 15) is 0 Å². The van der Waals surface area contributed by atoms with E-state index in [0.29, 0.717) is 12.5 Å². The van der Waals surface area contributed by atoms with Crippen LogP contribution in [0.15, 0.2) is 30.3 Å². The van der Waals surface area contributed by atoms with Gasteiger partial charge in [0.2, 0.25) is 0 Å². The molecule has 1 aliphatic heterocycles. The van der Waals surface area contributed by atoms with Crippen LogP contribution in [0, 0.1) is 6.92 Å². The minimum Gasteiger partial charge on any atom is -0.362 e. The number of H-pyrrole nitrogens is 1. The number of hydrogen-bond acceptors (Lipinski definition) is 5. The molecule has 0 spiro atoms. The number of pyridine rings is 2. The van der Waals surface area contributed by atoms with Crippen molar-refractivity contribution in [3.05, 3.63) is 47.4 Å². The summed E-state index contributed by atoms with van der Waals surface area (Å²) in [6.07, 6.45) is 1.15. The summed E-state index contributed by atoms with van der Waals surface area (Å²) in [5.41, 5.74) is 4.00. The van der Waals surface area contributed by atoms with Crippen molar-refractivity contribution in [1.29, 1.82) is 0 Å². The number of hydrogen-bond donors (Lipinski definition) is 3. The fourth-order valence-electron chi connectivity index (χ4n) is 3.06. The Morgan fingerprint density at radius 2 is 2.17 bits per heavy atom. The lowest BCUT2D eigenvalue weighted by Crippen LogP contribution is -2.08. The van der Waals surface area contributed by atoms with E-state index in [1.807, 2.05) is 25.1 Å². The smallest absolute Gasteiger partial charge is 0.157 e. The highest BCUT2D eigenvalue weighted by Crippen LogP contribution is 2.25. The van der Waals surface area contributed by atoms with E-state index >= 15 is 0 Å². The van der Waals surface area contributed by atoms with E-state index in [1.165, 1.54) is 0 Å². The lowest BCUT2D eigenvalue weighted by atomic mass is 10.0. The average Bonchev–Trinajstić information content (AvgIpc) is 3.22. The van der Waals surface area contributed by atoms with Gasteiger partial charge in [0.05, 0.1) is 17.6 Å². The van der Waals surface area contributed by atoms with Crippen molar-refractivity contribution in [2.75, 3.05) is 18.4 Å². The first-order valence-corrected chi connectivity index (χ1v) is 8.02.